The minimum Gasteiger partial charge on any atom is -0.439 e. The third-order valence-corrected chi connectivity index (χ3v) is 6.14. The Morgan fingerprint density at radius 2 is 1.97 bits per heavy atom. The molecule has 0 bridgehead atoms. The van der Waals surface area contributed by atoms with E-state index in [1.807, 2.05) is 36.4 Å². The molecule has 3 heterocycles. The van der Waals surface area contributed by atoms with Gasteiger partial charge in [-0.1, -0.05) is 58.0 Å². The van der Waals surface area contributed by atoms with Gasteiger partial charge in [-0.15, -0.1) is 0 Å². The van der Waals surface area contributed by atoms with E-state index in [1.165, 1.54) is 0 Å². The van der Waals surface area contributed by atoms with Crippen molar-refractivity contribution in [2.24, 2.45) is 27.2 Å². The molecule has 2 aliphatic heterocycles. The summed E-state index contributed by atoms with van der Waals surface area (Å²) in [4.78, 5) is 16.7. The van der Waals surface area contributed by atoms with Crippen LogP contribution in [0.15, 0.2) is 52.7 Å². The molecule has 0 spiro atoms. The summed E-state index contributed by atoms with van der Waals surface area (Å²) in [6.45, 7) is 12.4. The molecule has 182 valence electrons. The van der Waals surface area contributed by atoms with E-state index in [0.29, 0.717) is 37.5 Å². The molecule has 2 N–H and O–H groups in total. The number of ether oxygens (including phenoxy) is 2. The molecular weight excluding hydrogens is 430 g/mol. The second-order valence-corrected chi connectivity index (χ2v) is 10.2. The van der Waals surface area contributed by atoms with Crippen molar-refractivity contribution in [2.75, 3.05) is 13.2 Å². The number of guanidine groups is 1. The number of oxime groups is 1. The zero-order valence-corrected chi connectivity index (χ0v) is 20.7. The Bertz CT molecular complexity index is 1050. The van der Waals surface area contributed by atoms with Crippen LogP contribution in [0.25, 0.3) is 0 Å². The Balaban J connectivity index is 1.39. The summed E-state index contributed by atoms with van der Waals surface area (Å²) in [5.41, 5.74) is 9.25. The first-order valence-corrected chi connectivity index (χ1v) is 11.8. The van der Waals surface area contributed by atoms with Crippen molar-refractivity contribution in [3.63, 3.8) is 0 Å². The number of benzene rings is 1. The van der Waals surface area contributed by atoms with E-state index in [4.69, 9.17) is 20.0 Å². The van der Waals surface area contributed by atoms with Gasteiger partial charge in [-0.2, -0.15) is 0 Å². The van der Waals surface area contributed by atoms with E-state index in [0.717, 1.165) is 29.1 Å². The van der Waals surface area contributed by atoms with Crippen molar-refractivity contribution in [2.45, 2.75) is 59.7 Å². The second kappa shape index (κ2) is 10.0. The summed E-state index contributed by atoms with van der Waals surface area (Å²) in [5.74, 6) is 2.06. The van der Waals surface area contributed by atoms with Crippen LogP contribution in [0, 0.1) is 11.3 Å². The van der Waals surface area contributed by atoms with Gasteiger partial charge in [-0.3, -0.25) is 0 Å². The van der Waals surface area contributed by atoms with Gasteiger partial charge in [0.15, 0.2) is 12.1 Å². The molecular formula is C26H35N5O3. The molecule has 0 amide bonds. The highest BCUT2D eigenvalue weighted by molar-refractivity contribution is 5.90. The smallest absolute Gasteiger partial charge is 0.219 e. The zero-order valence-electron chi connectivity index (χ0n) is 20.7. The fourth-order valence-electron chi connectivity index (χ4n) is 4.02. The third kappa shape index (κ3) is 5.67. The Hall–Kier alpha value is -3.13. The maximum atomic E-state index is 6.37. The van der Waals surface area contributed by atoms with E-state index in [-0.39, 0.29) is 17.6 Å². The highest BCUT2D eigenvalue weighted by Crippen LogP contribution is 2.31. The first-order chi connectivity index (χ1) is 16.2. The van der Waals surface area contributed by atoms with Gasteiger partial charge in [0.25, 0.3) is 0 Å². The molecule has 0 aliphatic carbocycles. The molecule has 2 atom stereocenters. The molecule has 0 saturated carbocycles. The molecule has 0 radical (unpaired) electrons. The van der Waals surface area contributed by atoms with Crippen LogP contribution < -0.4 is 10.5 Å². The van der Waals surface area contributed by atoms with Crippen molar-refractivity contribution in [1.29, 1.82) is 0 Å². The van der Waals surface area contributed by atoms with Crippen LogP contribution in [0.5, 0.6) is 11.6 Å². The Kier molecular flexibility index (Phi) is 7.07. The molecule has 0 saturated heterocycles. The maximum absolute atomic E-state index is 6.37. The van der Waals surface area contributed by atoms with E-state index in [9.17, 15) is 0 Å². The number of rotatable bonds is 8. The lowest BCUT2D eigenvalue weighted by Crippen LogP contribution is -2.50. The minimum atomic E-state index is -0.0427. The van der Waals surface area contributed by atoms with Gasteiger partial charge in [0, 0.05) is 30.0 Å². The van der Waals surface area contributed by atoms with E-state index in [1.54, 1.807) is 6.20 Å². The van der Waals surface area contributed by atoms with Gasteiger partial charge in [0.1, 0.15) is 5.75 Å². The monoisotopic (exact) mass is 465 g/mol. The average molecular weight is 466 g/mol. The van der Waals surface area contributed by atoms with Crippen LogP contribution in [-0.2, 0) is 16.1 Å². The molecule has 8 heteroatoms. The number of fused-ring (bicyclic) bond motifs is 1. The normalized spacial score (nSPS) is 18.8. The van der Waals surface area contributed by atoms with Gasteiger partial charge in [-0.05, 0) is 18.1 Å². The Morgan fingerprint density at radius 1 is 1.21 bits per heavy atom. The Morgan fingerprint density at radius 3 is 2.65 bits per heavy atom. The fourth-order valence-corrected chi connectivity index (χ4v) is 4.02. The largest absolute Gasteiger partial charge is 0.439 e. The van der Waals surface area contributed by atoms with Gasteiger partial charge < -0.3 is 24.9 Å². The van der Waals surface area contributed by atoms with Gasteiger partial charge in [0.2, 0.25) is 5.88 Å². The maximum Gasteiger partial charge on any atom is 0.219 e. The summed E-state index contributed by atoms with van der Waals surface area (Å²) in [6, 6.07) is 11.6. The predicted octanol–water partition coefficient (Wildman–Crippen LogP) is 4.87. The zero-order chi connectivity index (χ0) is 24.3. The molecule has 4 rings (SSSR count). The van der Waals surface area contributed by atoms with Crippen LogP contribution in [-0.4, -0.2) is 46.9 Å². The molecule has 8 nitrogen and oxygen atoms in total. The summed E-state index contributed by atoms with van der Waals surface area (Å²) in [7, 11) is 0. The number of aromatic nitrogens is 1. The number of para-hydroxylation sites is 1. The minimum absolute atomic E-state index is 0.0132. The molecule has 1 aromatic carbocycles. The standard InChI is InChI=1S/C26H35N5O3/c1-17(2)22(16-32-15-20-12-23(30-34-20)26(3,4)5)31-14-18-11-24(28-13-21(18)29-25(31)27)33-19-9-7-6-8-10-19/h6-11,13,17,20,22H,12,14-16H2,1-5H3,(H2,27,29). The second-order valence-electron chi connectivity index (χ2n) is 10.2. The number of nitrogens with zero attached hydrogens (tertiary/aromatic N) is 4. The quantitative estimate of drug-likeness (QED) is 0.598. The van der Waals surface area contributed by atoms with Gasteiger partial charge in [0.05, 0.1) is 36.9 Å². The number of hydrogen-bond acceptors (Lipinski definition) is 8. The van der Waals surface area contributed by atoms with Crippen LogP contribution in [0.3, 0.4) is 0 Å². The molecule has 2 unspecified atom stereocenters. The highest BCUT2D eigenvalue weighted by atomic mass is 16.7. The summed E-state index contributed by atoms with van der Waals surface area (Å²) < 4.78 is 12.0. The summed E-state index contributed by atoms with van der Waals surface area (Å²) >= 11 is 0. The van der Waals surface area contributed by atoms with E-state index in [2.05, 4.69) is 54.7 Å². The number of hydrogen-bond donors (Lipinski definition) is 1. The molecule has 34 heavy (non-hydrogen) atoms. The van der Waals surface area contributed by atoms with Crippen LogP contribution in [0.2, 0.25) is 0 Å². The van der Waals surface area contributed by atoms with E-state index < -0.39 is 0 Å². The average Bonchev–Trinajstić information content (AvgIpc) is 3.27. The van der Waals surface area contributed by atoms with Crippen LogP contribution >= 0.6 is 0 Å². The van der Waals surface area contributed by atoms with Crippen LogP contribution in [0.4, 0.5) is 5.69 Å². The van der Waals surface area contributed by atoms with Crippen molar-refractivity contribution in [3.8, 4) is 11.6 Å². The van der Waals surface area contributed by atoms with E-state index >= 15 is 0 Å². The van der Waals surface area contributed by atoms with Crippen molar-refractivity contribution in [3.05, 3.63) is 48.2 Å². The third-order valence-electron chi connectivity index (χ3n) is 6.14. The highest BCUT2D eigenvalue weighted by Gasteiger charge is 2.31. The Labute approximate surface area is 201 Å². The molecule has 0 fully saturated rings. The van der Waals surface area contributed by atoms with Gasteiger partial charge in [-0.25, -0.2) is 9.98 Å². The van der Waals surface area contributed by atoms with Crippen molar-refractivity contribution in [1.82, 2.24) is 9.88 Å². The topological polar surface area (TPSA) is 94.6 Å². The lowest BCUT2D eigenvalue weighted by Gasteiger charge is -2.37. The fraction of sp³-hybridized carbons (Fsp3) is 0.500. The van der Waals surface area contributed by atoms with Crippen LogP contribution in [0.1, 0.15) is 46.6 Å². The predicted molar refractivity (Wildman–Crippen MR) is 133 cm³/mol. The van der Waals surface area contributed by atoms with Gasteiger partial charge >= 0.3 is 0 Å². The summed E-state index contributed by atoms with van der Waals surface area (Å²) in [6.07, 6.45) is 2.47. The summed E-state index contributed by atoms with van der Waals surface area (Å²) in [5, 5.41) is 4.26. The first kappa shape index (κ1) is 24.0. The van der Waals surface area contributed by atoms with Crippen molar-refractivity contribution >= 4 is 17.4 Å². The number of nitrogens with two attached hydrogens (primary N) is 1. The lowest BCUT2D eigenvalue weighted by molar-refractivity contribution is -0.0160. The first-order valence-electron chi connectivity index (χ1n) is 11.8. The molecule has 2 aliphatic rings. The SMILES string of the molecule is CC(C)C(COCC1CC(C(C)(C)C)=NO1)N1Cc2cc(Oc3ccccc3)ncc2N=C1N. The lowest BCUT2D eigenvalue weighted by atomic mass is 9.87. The number of pyridine rings is 1. The molecule has 2 aromatic rings. The molecule has 1 aromatic heterocycles. The number of aliphatic imine (C=N–C) groups is 1. The van der Waals surface area contributed by atoms with Crippen molar-refractivity contribution < 1.29 is 14.3 Å².